The molecule has 1 heterocycles. The van der Waals surface area contributed by atoms with E-state index in [-0.39, 0.29) is 17.1 Å². The molecule has 2 aromatic carbocycles. The summed E-state index contributed by atoms with van der Waals surface area (Å²) in [5.74, 6) is -0.212. The standard InChI is InChI=1S/C22H24ClN3O/c1-14-10-15(2)20-17(11-14)12-18(21(23)25-20)22(27)24-13-19(26(3)4)16-8-6-5-7-9-16/h5-12,19H,13H2,1-4H3,(H,24,27). The maximum Gasteiger partial charge on any atom is 0.254 e. The van der Waals surface area contributed by atoms with Crippen molar-refractivity contribution in [1.82, 2.24) is 15.2 Å². The smallest absolute Gasteiger partial charge is 0.254 e. The van der Waals surface area contributed by atoms with E-state index in [2.05, 4.69) is 33.4 Å². The first-order chi connectivity index (χ1) is 12.9. The molecule has 1 amide bonds. The van der Waals surface area contributed by atoms with Gasteiger partial charge in [-0.25, -0.2) is 4.98 Å². The van der Waals surface area contributed by atoms with Gasteiger partial charge < -0.3 is 10.2 Å². The summed E-state index contributed by atoms with van der Waals surface area (Å²) in [5, 5.41) is 4.16. The van der Waals surface area contributed by atoms with Gasteiger partial charge in [-0.1, -0.05) is 53.6 Å². The molecule has 0 aliphatic carbocycles. The molecule has 1 atom stereocenters. The van der Waals surface area contributed by atoms with Gasteiger partial charge in [0.1, 0.15) is 5.15 Å². The largest absolute Gasteiger partial charge is 0.350 e. The van der Waals surface area contributed by atoms with Crippen LogP contribution in [0.4, 0.5) is 0 Å². The average molecular weight is 382 g/mol. The molecule has 0 saturated carbocycles. The van der Waals surface area contributed by atoms with Gasteiger partial charge in [0, 0.05) is 11.9 Å². The number of rotatable bonds is 5. The molecule has 27 heavy (non-hydrogen) atoms. The molecule has 0 aliphatic rings. The van der Waals surface area contributed by atoms with Gasteiger partial charge in [0.05, 0.1) is 17.1 Å². The molecule has 0 fully saturated rings. The number of benzene rings is 2. The number of likely N-dealkylation sites (N-methyl/N-ethyl adjacent to an activating group) is 1. The van der Waals surface area contributed by atoms with Crippen LogP contribution in [0.1, 0.15) is 33.1 Å². The number of carbonyl (C=O) groups is 1. The number of aromatic nitrogens is 1. The second-order valence-electron chi connectivity index (χ2n) is 7.08. The number of fused-ring (bicyclic) bond motifs is 1. The summed E-state index contributed by atoms with van der Waals surface area (Å²) in [6.07, 6.45) is 0. The molecule has 0 saturated heterocycles. The number of nitrogens with one attached hydrogen (secondary N) is 1. The van der Waals surface area contributed by atoms with Gasteiger partial charge in [-0.2, -0.15) is 0 Å². The van der Waals surface area contributed by atoms with E-state index in [1.807, 2.05) is 58.3 Å². The molecule has 1 N–H and O–H groups in total. The molecular weight excluding hydrogens is 358 g/mol. The lowest BCUT2D eigenvalue weighted by Crippen LogP contribution is -2.34. The Hall–Kier alpha value is -2.43. The predicted molar refractivity (Wildman–Crippen MR) is 111 cm³/mol. The van der Waals surface area contributed by atoms with Crippen molar-refractivity contribution in [3.8, 4) is 0 Å². The quantitative estimate of drug-likeness (QED) is 0.660. The van der Waals surface area contributed by atoms with E-state index >= 15 is 0 Å². The van der Waals surface area contributed by atoms with Crippen molar-refractivity contribution in [2.24, 2.45) is 0 Å². The molecule has 5 heteroatoms. The zero-order chi connectivity index (χ0) is 19.6. The van der Waals surface area contributed by atoms with Gasteiger partial charge in [-0.15, -0.1) is 0 Å². The highest BCUT2D eigenvalue weighted by atomic mass is 35.5. The van der Waals surface area contributed by atoms with Crippen molar-refractivity contribution >= 4 is 28.4 Å². The fraction of sp³-hybridized carbons (Fsp3) is 0.273. The van der Waals surface area contributed by atoms with Gasteiger partial charge in [0.25, 0.3) is 5.91 Å². The van der Waals surface area contributed by atoms with Gasteiger partial charge >= 0.3 is 0 Å². The van der Waals surface area contributed by atoms with Crippen molar-refractivity contribution < 1.29 is 4.79 Å². The van der Waals surface area contributed by atoms with E-state index in [0.29, 0.717) is 12.1 Å². The summed E-state index contributed by atoms with van der Waals surface area (Å²) in [4.78, 5) is 19.3. The Bertz CT molecular complexity index is 970. The number of hydrogen-bond acceptors (Lipinski definition) is 3. The molecule has 1 aromatic heterocycles. The summed E-state index contributed by atoms with van der Waals surface area (Å²) in [6, 6.07) is 16.1. The van der Waals surface area contributed by atoms with Crippen LogP contribution < -0.4 is 5.32 Å². The number of halogens is 1. The van der Waals surface area contributed by atoms with Gasteiger partial charge in [0.2, 0.25) is 0 Å². The Kier molecular flexibility index (Phi) is 5.78. The van der Waals surface area contributed by atoms with Crippen molar-refractivity contribution in [2.75, 3.05) is 20.6 Å². The molecule has 0 aliphatic heterocycles. The van der Waals surface area contributed by atoms with E-state index in [0.717, 1.165) is 27.6 Å². The number of hydrogen-bond donors (Lipinski definition) is 1. The summed E-state index contributed by atoms with van der Waals surface area (Å²) >= 11 is 6.32. The van der Waals surface area contributed by atoms with Crippen LogP contribution in [0.2, 0.25) is 5.15 Å². The van der Waals surface area contributed by atoms with E-state index in [9.17, 15) is 4.79 Å². The van der Waals surface area contributed by atoms with Crippen LogP contribution in [0, 0.1) is 13.8 Å². The molecule has 4 nitrogen and oxygen atoms in total. The molecule has 140 valence electrons. The molecule has 3 rings (SSSR count). The van der Waals surface area contributed by atoms with Crippen LogP contribution in [0.5, 0.6) is 0 Å². The van der Waals surface area contributed by atoms with Gasteiger partial charge in [-0.3, -0.25) is 4.79 Å². The van der Waals surface area contributed by atoms with Crippen molar-refractivity contribution in [3.05, 3.63) is 75.9 Å². The minimum absolute atomic E-state index is 0.0758. The normalized spacial score (nSPS) is 12.4. The molecule has 0 radical (unpaired) electrons. The monoisotopic (exact) mass is 381 g/mol. The third kappa shape index (κ3) is 4.29. The summed E-state index contributed by atoms with van der Waals surface area (Å²) in [7, 11) is 4.00. The van der Waals surface area contributed by atoms with Crippen LogP contribution in [-0.2, 0) is 0 Å². The zero-order valence-corrected chi connectivity index (χ0v) is 16.8. The Balaban J connectivity index is 1.84. The second kappa shape index (κ2) is 8.07. The Morgan fingerprint density at radius 2 is 1.85 bits per heavy atom. The highest BCUT2D eigenvalue weighted by Crippen LogP contribution is 2.25. The maximum atomic E-state index is 12.8. The van der Waals surface area contributed by atoms with Crippen LogP contribution in [0.3, 0.4) is 0 Å². The van der Waals surface area contributed by atoms with Crippen LogP contribution in [0.15, 0.2) is 48.5 Å². The highest BCUT2D eigenvalue weighted by molar-refractivity contribution is 6.33. The van der Waals surface area contributed by atoms with E-state index in [4.69, 9.17) is 11.6 Å². The molecular formula is C22H24ClN3O. The molecule has 3 aromatic rings. The first kappa shape index (κ1) is 19.3. The van der Waals surface area contributed by atoms with Crippen LogP contribution in [0.25, 0.3) is 10.9 Å². The Morgan fingerprint density at radius 3 is 2.52 bits per heavy atom. The first-order valence-electron chi connectivity index (χ1n) is 8.94. The fourth-order valence-electron chi connectivity index (χ4n) is 3.35. The highest BCUT2D eigenvalue weighted by Gasteiger charge is 2.18. The van der Waals surface area contributed by atoms with E-state index < -0.39 is 0 Å². The average Bonchev–Trinajstić information content (AvgIpc) is 2.62. The van der Waals surface area contributed by atoms with Gasteiger partial charge in [0.15, 0.2) is 0 Å². The predicted octanol–water partition coefficient (Wildman–Crippen LogP) is 4.54. The lowest BCUT2D eigenvalue weighted by molar-refractivity contribution is 0.0942. The first-order valence-corrected chi connectivity index (χ1v) is 9.31. The topological polar surface area (TPSA) is 45.2 Å². The summed E-state index contributed by atoms with van der Waals surface area (Å²) < 4.78 is 0. The third-order valence-electron chi connectivity index (χ3n) is 4.71. The number of amides is 1. The van der Waals surface area contributed by atoms with Crippen molar-refractivity contribution in [2.45, 2.75) is 19.9 Å². The van der Waals surface area contributed by atoms with Crippen LogP contribution >= 0.6 is 11.6 Å². The van der Waals surface area contributed by atoms with Crippen molar-refractivity contribution in [3.63, 3.8) is 0 Å². The maximum absolute atomic E-state index is 12.8. The van der Waals surface area contributed by atoms with Gasteiger partial charge in [-0.05, 0) is 51.2 Å². The third-order valence-corrected chi connectivity index (χ3v) is 5.00. The molecule has 0 bridgehead atoms. The minimum atomic E-state index is -0.212. The lowest BCUT2D eigenvalue weighted by Gasteiger charge is -2.25. The number of nitrogens with zero attached hydrogens (tertiary/aromatic N) is 2. The summed E-state index contributed by atoms with van der Waals surface area (Å²) in [6.45, 7) is 4.51. The summed E-state index contributed by atoms with van der Waals surface area (Å²) in [5.41, 5.74) is 4.57. The number of pyridine rings is 1. The Labute approximate surface area is 165 Å². The number of carbonyl (C=O) groups excluding carboxylic acids is 1. The SMILES string of the molecule is Cc1cc(C)c2nc(Cl)c(C(=O)NCC(c3ccccc3)N(C)C)cc2c1. The van der Waals surface area contributed by atoms with Crippen LogP contribution in [-0.4, -0.2) is 36.4 Å². The molecule has 1 unspecified atom stereocenters. The minimum Gasteiger partial charge on any atom is -0.350 e. The lowest BCUT2D eigenvalue weighted by atomic mass is 10.0. The fourth-order valence-corrected chi connectivity index (χ4v) is 3.57. The van der Waals surface area contributed by atoms with E-state index in [1.165, 1.54) is 0 Å². The number of aryl methyl sites for hydroxylation is 2. The van der Waals surface area contributed by atoms with E-state index in [1.54, 1.807) is 0 Å². The van der Waals surface area contributed by atoms with Crippen molar-refractivity contribution in [1.29, 1.82) is 0 Å². The second-order valence-corrected chi connectivity index (χ2v) is 7.44. The Morgan fingerprint density at radius 1 is 1.15 bits per heavy atom. The zero-order valence-electron chi connectivity index (χ0n) is 16.1. The molecule has 0 spiro atoms.